The number of thiol groups is 1. The molecule has 186 valence electrons. The molecule has 0 spiro atoms. The Hall–Kier alpha value is -3.61. The molecular formula is C22H20F4N4O4S. The molecule has 0 radical (unpaired) electrons. The predicted molar refractivity (Wildman–Crippen MR) is 121 cm³/mol. The summed E-state index contributed by atoms with van der Waals surface area (Å²) in [4.78, 5) is 42.2. The van der Waals surface area contributed by atoms with Gasteiger partial charge in [-0.2, -0.15) is 13.2 Å². The Morgan fingerprint density at radius 3 is 2.37 bits per heavy atom. The van der Waals surface area contributed by atoms with Crippen molar-refractivity contribution in [2.75, 3.05) is 23.5 Å². The van der Waals surface area contributed by atoms with E-state index in [2.05, 4.69) is 22.9 Å². The van der Waals surface area contributed by atoms with E-state index in [4.69, 9.17) is 4.74 Å². The highest BCUT2D eigenvalue weighted by molar-refractivity contribution is 7.84. The van der Waals surface area contributed by atoms with E-state index in [1.165, 1.54) is 12.1 Å². The Morgan fingerprint density at radius 2 is 1.83 bits per heavy atom. The van der Waals surface area contributed by atoms with Crippen LogP contribution in [-0.2, 0) is 20.5 Å². The fourth-order valence-electron chi connectivity index (χ4n) is 2.98. The lowest BCUT2D eigenvalue weighted by Crippen LogP contribution is -2.56. The lowest BCUT2D eigenvalue weighted by atomic mass is 10.1. The van der Waals surface area contributed by atoms with Gasteiger partial charge in [-0.05, 0) is 42.3 Å². The summed E-state index contributed by atoms with van der Waals surface area (Å²) in [6, 6.07) is 6.46. The summed E-state index contributed by atoms with van der Waals surface area (Å²) >= 11 is 4.22. The average molecular weight is 512 g/mol. The van der Waals surface area contributed by atoms with E-state index in [9.17, 15) is 31.9 Å². The molecule has 0 saturated heterocycles. The molecule has 1 aliphatic heterocycles. The quantitative estimate of drug-likeness (QED) is 0.350. The standard InChI is InChI=1S/C22H20F4N4O4S/c1-12(2)11-34-21(33)30-20(32)18(19(31)28-14-5-3-13(23)4-6-14)16(35)10-29(30)15-7-8-17(27-9-15)22(24,25)26/h3-9,12,35H,10-11H2,1-2H3,(H,28,31). The van der Waals surface area contributed by atoms with Gasteiger partial charge >= 0.3 is 12.3 Å². The summed E-state index contributed by atoms with van der Waals surface area (Å²) in [5, 5.41) is 3.94. The molecule has 0 bridgehead atoms. The van der Waals surface area contributed by atoms with Crippen molar-refractivity contribution in [3.63, 3.8) is 0 Å². The number of hydrogen-bond acceptors (Lipinski definition) is 7. The number of hydrogen-bond donors (Lipinski definition) is 2. The Labute approximate surface area is 202 Å². The number of nitrogens with zero attached hydrogens (tertiary/aromatic N) is 3. The first-order valence-corrected chi connectivity index (χ1v) is 10.6. The van der Waals surface area contributed by atoms with Crippen molar-refractivity contribution < 1.29 is 36.7 Å². The van der Waals surface area contributed by atoms with Crippen LogP contribution in [0.3, 0.4) is 0 Å². The van der Waals surface area contributed by atoms with Gasteiger partial charge in [0.2, 0.25) is 0 Å². The number of carbonyl (C=O) groups excluding carboxylic acids is 3. The molecule has 0 aliphatic carbocycles. The highest BCUT2D eigenvalue weighted by Crippen LogP contribution is 2.32. The number of anilines is 2. The Morgan fingerprint density at radius 1 is 1.17 bits per heavy atom. The minimum Gasteiger partial charge on any atom is -0.448 e. The summed E-state index contributed by atoms with van der Waals surface area (Å²) < 4.78 is 57.0. The number of ether oxygens (including phenoxy) is 1. The summed E-state index contributed by atoms with van der Waals surface area (Å²) in [5.74, 6) is -2.66. The van der Waals surface area contributed by atoms with Crippen LogP contribution in [0.1, 0.15) is 19.5 Å². The zero-order valence-corrected chi connectivity index (χ0v) is 19.4. The maximum Gasteiger partial charge on any atom is 0.436 e. The van der Waals surface area contributed by atoms with E-state index in [1.54, 1.807) is 13.8 Å². The van der Waals surface area contributed by atoms with Crippen LogP contribution in [-0.4, -0.2) is 41.1 Å². The van der Waals surface area contributed by atoms with Crippen molar-refractivity contribution >= 4 is 41.9 Å². The number of aromatic nitrogens is 1. The van der Waals surface area contributed by atoms with Gasteiger partial charge in [0.05, 0.1) is 25.0 Å². The molecule has 35 heavy (non-hydrogen) atoms. The lowest BCUT2D eigenvalue weighted by molar-refractivity contribution is -0.141. The van der Waals surface area contributed by atoms with Crippen LogP contribution in [0.15, 0.2) is 53.1 Å². The number of alkyl halides is 3. The van der Waals surface area contributed by atoms with Gasteiger partial charge in [0.25, 0.3) is 11.8 Å². The van der Waals surface area contributed by atoms with Crippen LogP contribution in [0.2, 0.25) is 0 Å². The van der Waals surface area contributed by atoms with E-state index in [-0.39, 0.29) is 35.3 Å². The summed E-state index contributed by atoms with van der Waals surface area (Å²) in [7, 11) is 0. The van der Waals surface area contributed by atoms with Crippen LogP contribution in [0.25, 0.3) is 0 Å². The van der Waals surface area contributed by atoms with Crippen molar-refractivity contribution in [2.45, 2.75) is 20.0 Å². The molecule has 1 N–H and O–H groups in total. The highest BCUT2D eigenvalue weighted by Gasteiger charge is 2.41. The lowest BCUT2D eigenvalue weighted by Gasteiger charge is -2.38. The predicted octanol–water partition coefficient (Wildman–Crippen LogP) is 4.42. The van der Waals surface area contributed by atoms with Crippen molar-refractivity contribution in [1.82, 2.24) is 9.99 Å². The fraction of sp³-hybridized carbons (Fsp3) is 0.273. The third-order valence-corrected chi connectivity index (χ3v) is 4.98. The maximum atomic E-state index is 13.3. The SMILES string of the molecule is CC(C)COC(=O)N1C(=O)C(C(=O)Nc2ccc(F)cc2)=C(S)CN1c1ccc(C(F)(F)F)nc1. The highest BCUT2D eigenvalue weighted by atomic mass is 32.1. The molecule has 3 amide bonds. The zero-order valence-electron chi connectivity index (χ0n) is 18.5. The normalized spacial score (nSPS) is 14.5. The van der Waals surface area contributed by atoms with Crippen molar-refractivity contribution in [2.24, 2.45) is 5.92 Å². The number of amides is 3. The maximum absolute atomic E-state index is 13.3. The smallest absolute Gasteiger partial charge is 0.436 e. The number of benzene rings is 1. The molecule has 0 unspecified atom stereocenters. The van der Waals surface area contributed by atoms with Crippen molar-refractivity contribution in [3.05, 3.63) is 64.6 Å². The molecule has 0 atom stereocenters. The molecule has 3 rings (SSSR count). The van der Waals surface area contributed by atoms with Crippen LogP contribution in [0, 0.1) is 11.7 Å². The summed E-state index contributed by atoms with van der Waals surface area (Å²) in [6.07, 6.45) is -4.99. The first-order chi connectivity index (χ1) is 16.4. The van der Waals surface area contributed by atoms with Crippen molar-refractivity contribution in [1.29, 1.82) is 0 Å². The molecule has 0 saturated carbocycles. The van der Waals surface area contributed by atoms with Crippen LogP contribution < -0.4 is 10.3 Å². The number of carbonyl (C=O) groups is 3. The summed E-state index contributed by atoms with van der Waals surface area (Å²) in [6.45, 7) is 3.13. The third-order valence-electron chi connectivity index (χ3n) is 4.61. The van der Waals surface area contributed by atoms with Crippen molar-refractivity contribution in [3.8, 4) is 0 Å². The third kappa shape index (κ3) is 6.10. The first-order valence-electron chi connectivity index (χ1n) is 10.2. The molecule has 13 heteroatoms. The van der Waals surface area contributed by atoms with E-state index in [1.807, 2.05) is 0 Å². The molecular weight excluding hydrogens is 492 g/mol. The molecule has 2 heterocycles. The Kier molecular flexibility index (Phi) is 7.68. The molecule has 2 aromatic rings. The monoisotopic (exact) mass is 512 g/mol. The van der Waals surface area contributed by atoms with Gasteiger partial charge in [-0.1, -0.05) is 13.8 Å². The van der Waals surface area contributed by atoms with E-state index >= 15 is 0 Å². The second kappa shape index (κ2) is 10.3. The molecule has 1 aliphatic rings. The van der Waals surface area contributed by atoms with Gasteiger partial charge in [-0.3, -0.25) is 14.6 Å². The van der Waals surface area contributed by atoms with Gasteiger partial charge in [0, 0.05) is 10.6 Å². The summed E-state index contributed by atoms with van der Waals surface area (Å²) in [5.41, 5.74) is -1.52. The Bertz CT molecular complexity index is 1150. The number of nitrogens with one attached hydrogen (secondary N) is 1. The number of imide groups is 1. The number of pyridine rings is 1. The second-order valence-corrected chi connectivity index (χ2v) is 8.37. The van der Waals surface area contributed by atoms with Gasteiger partial charge < -0.3 is 10.1 Å². The largest absolute Gasteiger partial charge is 0.448 e. The molecule has 1 aromatic carbocycles. The first kappa shape index (κ1) is 26.0. The van der Waals surface area contributed by atoms with Gasteiger partial charge in [0.1, 0.15) is 17.1 Å². The minimum absolute atomic E-state index is 0.0441. The fourth-order valence-corrected chi connectivity index (χ4v) is 3.31. The van der Waals surface area contributed by atoms with Crippen LogP contribution >= 0.6 is 12.6 Å². The number of rotatable bonds is 5. The Balaban J connectivity index is 1.96. The number of hydrazine groups is 1. The van der Waals surface area contributed by atoms with E-state index in [0.29, 0.717) is 11.1 Å². The van der Waals surface area contributed by atoms with Crippen LogP contribution in [0.5, 0.6) is 0 Å². The molecule has 8 nitrogen and oxygen atoms in total. The van der Waals surface area contributed by atoms with Gasteiger partial charge in [-0.15, -0.1) is 17.6 Å². The minimum atomic E-state index is -4.69. The topological polar surface area (TPSA) is 91.8 Å². The average Bonchev–Trinajstić information content (AvgIpc) is 2.78. The van der Waals surface area contributed by atoms with E-state index < -0.39 is 41.2 Å². The second-order valence-electron chi connectivity index (χ2n) is 7.83. The molecule has 0 fully saturated rings. The molecule has 1 aromatic heterocycles. The zero-order chi connectivity index (χ0) is 25.9. The van der Waals surface area contributed by atoms with E-state index in [0.717, 1.165) is 29.4 Å². The van der Waals surface area contributed by atoms with Gasteiger partial charge in [-0.25, -0.2) is 14.2 Å². The number of halogens is 4. The van der Waals surface area contributed by atoms with Gasteiger partial charge in [0.15, 0.2) is 0 Å². The van der Waals surface area contributed by atoms with Crippen LogP contribution in [0.4, 0.5) is 33.7 Å².